The number of alkyl halides is 3. The Morgan fingerprint density at radius 2 is 1.82 bits per heavy atom. The number of amides is 1. The van der Waals surface area contributed by atoms with Crippen LogP contribution in [0.2, 0.25) is 0 Å². The number of carbonyl (C=O) groups excluding carboxylic acids is 1. The van der Waals surface area contributed by atoms with E-state index in [0.717, 1.165) is 18.6 Å². The Hall–Kier alpha value is -1.78. The van der Waals surface area contributed by atoms with Gasteiger partial charge in [-0.1, -0.05) is 45.0 Å². The second-order valence-corrected chi connectivity index (χ2v) is 5.94. The minimum absolute atomic E-state index is 0.193. The SMILES string of the molecule is CC/C=C(/C)C(=O)NCC(C)(C)c1cccc(C(F)(F)F)c1. The Bertz CT molecular complexity index is 559. The summed E-state index contributed by atoms with van der Waals surface area (Å²) in [6, 6.07) is 5.23. The van der Waals surface area contributed by atoms with Gasteiger partial charge in [-0.15, -0.1) is 0 Å². The van der Waals surface area contributed by atoms with E-state index in [0.29, 0.717) is 11.1 Å². The highest BCUT2D eigenvalue weighted by atomic mass is 19.4. The van der Waals surface area contributed by atoms with Gasteiger partial charge in [0, 0.05) is 17.5 Å². The van der Waals surface area contributed by atoms with E-state index < -0.39 is 17.2 Å². The fourth-order valence-electron chi connectivity index (χ4n) is 2.06. The molecule has 0 saturated carbocycles. The highest BCUT2D eigenvalue weighted by molar-refractivity contribution is 5.92. The summed E-state index contributed by atoms with van der Waals surface area (Å²) in [5.41, 5.74) is -0.114. The average Bonchev–Trinajstić information content (AvgIpc) is 2.44. The summed E-state index contributed by atoms with van der Waals surface area (Å²) < 4.78 is 38.4. The van der Waals surface area contributed by atoms with Gasteiger partial charge in [-0.05, 0) is 25.0 Å². The van der Waals surface area contributed by atoms with Crippen LogP contribution in [0.4, 0.5) is 13.2 Å². The molecule has 0 unspecified atom stereocenters. The van der Waals surface area contributed by atoms with Crippen LogP contribution >= 0.6 is 0 Å². The van der Waals surface area contributed by atoms with Gasteiger partial charge in [0.2, 0.25) is 5.91 Å². The Kier molecular flexibility index (Phi) is 5.80. The van der Waals surface area contributed by atoms with Crippen molar-refractivity contribution in [3.8, 4) is 0 Å². The smallest absolute Gasteiger partial charge is 0.351 e. The molecule has 0 aromatic heterocycles. The van der Waals surface area contributed by atoms with Gasteiger partial charge < -0.3 is 5.32 Å². The molecule has 0 radical (unpaired) electrons. The van der Waals surface area contributed by atoms with Crippen LogP contribution in [-0.2, 0) is 16.4 Å². The zero-order valence-corrected chi connectivity index (χ0v) is 13.3. The fraction of sp³-hybridized carbons (Fsp3) is 0.471. The van der Waals surface area contributed by atoms with Crippen LogP contribution in [0.15, 0.2) is 35.9 Å². The highest BCUT2D eigenvalue weighted by Crippen LogP contribution is 2.32. The lowest BCUT2D eigenvalue weighted by Gasteiger charge is -2.26. The van der Waals surface area contributed by atoms with Gasteiger partial charge in [-0.25, -0.2) is 0 Å². The topological polar surface area (TPSA) is 29.1 Å². The lowest BCUT2D eigenvalue weighted by atomic mass is 9.83. The molecule has 0 aliphatic carbocycles. The van der Waals surface area contributed by atoms with Crippen molar-refractivity contribution in [3.63, 3.8) is 0 Å². The molecule has 1 aromatic rings. The van der Waals surface area contributed by atoms with Crippen LogP contribution in [0.3, 0.4) is 0 Å². The molecule has 0 fully saturated rings. The third kappa shape index (κ3) is 4.90. The number of allylic oxidation sites excluding steroid dienone is 1. The van der Waals surface area contributed by atoms with Crippen molar-refractivity contribution < 1.29 is 18.0 Å². The van der Waals surface area contributed by atoms with Crippen LogP contribution in [0.1, 0.15) is 45.2 Å². The van der Waals surface area contributed by atoms with E-state index in [1.165, 1.54) is 6.07 Å². The lowest BCUT2D eigenvalue weighted by Crippen LogP contribution is -2.37. The molecule has 2 nitrogen and oxygen atoms in total. The number of benzene rings is 1. The van der Waals surface area contributed by atoms with Gasteiger partial charge in [0.25, 0.3) is 0 Å². The van der Waals surface area contributed by atoms with Gasteiger partial charge in [0.05, 0.1) is 5.56 Å². The fourth-order valence-corrected chi connectivity index (χ4v) is 2.06. The van der Waals surface area contributed by atoms with Gasteiger partial charge >= 0.3 is 6.18 Å². The van der Waals surface area contributed by atoms with E-state index in [1.807, 2.05) is 26.8 Å². The van der Waals surface area contributed by atoms with Crippen molar-refractivity contribution in [1.29, 1.82) is 0 Å². The molecule has 0 bridgehead atoms. The number of hydrogen-bond donors (Lipinski definition) is 1. The normalized spacial score (nSPS) is 13.1. The summed E-state index contributed by atoms with van der Waals surface area (Å²) in [5, 5.41) is 2.78. The molecule has 0 aliphatic rings. The number of carbonyl (C=O) groups is 1. The molecular weight excluding hydrogens is 291 g/mol. The second kappa shape index (κ2) is 6.99. The third-order valence-electron chi connectivity index (χ3n) is 3.53. The Morgan fingerprint density at radius 1 is 1.23 bits per heavy atom. The predicted molar refractivity (Wildman–Crippen MR) is 81.5 cm³/mol. The van der Waals surface area contributed by atoms with Crippen LogP contribution < -0.4 is 5.32 Å². The van der Waals surface area contributed by atoms with E-state index >= 15 is 0 Å². The molecule has 0 spiro atoms. The highest BCUT2D eigenvalue weighted by Gasteiger charge is 2.32. The summed E-state index contributed by atoms with van der Waals surface area (Å²) >= 11 is 0. The van der Waals surface area contributed by atoms with Crippen molar-refractivity contribution in [3.05, 3.63) is 47.0 Å². The molecule has 5 heteroatoms. The molecule has 1 aromatic carbocycles. The first-order chi connectivity index (χ1) is 10.1. The standard InChI is InChI=1S/C17H22F3NO/c1-5-7-12(2)15(22)21-11-16(3,4)13-8-6-9-14(10-13)17(18,19)20/h6-10H,5,11H2,1-4H3,(H,21,22)/b12-7-. The molecule has 1 amide bonds. The van der Waals surface area contributed by atoms with Crippen LogP contribution in [-0.4, -0.2) is 12.5 Å². The van der Waals surface area contributed by atoms with Crippen molar-refractivity contribution in [2.75, 3.05) is 6.54 Å². The van der Waals surface area contributed by atoms with Crippen molar-refractivity contribution in [2.45, 2.75) is 45.7 Å². The maximum Gasteiger partial charge on any atom is 0.416 e. The molecule has 0 aliphatic heterocycles. The molecule has 22 heavy (non-hydrogen) atoms. The van der Waals surface area contributed by atoms with Crippen molar-refractivity contribution >= 4 is 5.91 Å². The lowest BCUT2D eigenvalue weighted by molar-refractivity contribution is -0.137. The van der Waals surface area contributed by atoms with Gasteiger partial charge in [0.15, 0.2) is 0 Å². The monoisotopic (exact) mass is 313 g/mol. The van der Waals surface area contributed by atoms with E-state index in [9.17, 15) is 18.0 Å². The maximum atomic E-state index is 12.8. The Morgan fingerprint density at radius 3 is 2.36 bits per heavy atom. The molecule has 122 valence electrons. The molecule has 0 saturated heterocycles. The zero-order chi connectivity index (χ0) is 17.0. The first kappa shape index (κ1) is 18.3. The number of hydrogen-bond acceptors (Lipinski definition) is 1. The van der Waals surface area contributed by atoms with E-state index in [4.69, 9.17) is 0 Å². The van der Waals surface area contributed by atoms with E-state index in [2.05, 4.69) is 5.32 Å². The minimum atomic E-state index is -4.37. The largest absolute Gasteiger partial charge is 0.416 e. The van der Waals surface area contributed by atoms with E-state index in [1.54, 1.807) is 13.0 Å². The molecule has 0 atom stereocenters. The van der Waals surface area contributed by atoms with Crippen molar-refractivity contribution in [2.24, 2.45) is 0 Å². The molecule has 1 N–H and O–H groups in total. The quantitative estimate of drug-likeness (QED) is 0.799. The summed E-state index contributed by atoms with van der Waals surface area (Å²) in [6.07, 6.45) is -1.79. The minimum Gasteiger partial charge on any atom is -0.351 e. The van der Waals surface area contributed by atoms with Gasteiger partial charge in [-0.2, -0.15) is 13.2 Å². The first-order valence-electron chi connectivity index (χ1n) is 7.20. The molecule has 0 heterocycles. The summed E-state index contributed by atoms with van der Waals surface area (Å²) in [5.74, 6) is -0.193. The van der Waals surface area contributed by atoms with Gasteiger partial charge in [0.1, 0.15) is 0 Å². The second-order valence-electron chi connectivity index (χ2n) is 5.94. The van der Waals surface area contributed by atoms with Crippen LogP contribution in [0.25, 0.3) is 0 Å². The van der Waals surface area contributed by atoms with Crippen molar-refractivity contribution in [1.82, 2.24) is 5.32 Å². The maximum absolute atomic E-state index is 12.8. The Labute approximate surface area is 129 Å². The summed E-state index contributed by atoms with van der Waals surface area (Å²) in [6.45, 7) is 7.53. The first-order valence-corrected chi connectivity index (χ1v) is 7.20. The average molecular weight is 313 g/mol. The van der Waals surface area contributed by atoms with Crippen LogP contribution in [0, 0.1) is 0 Å². The number of halogens is 3. The van der Waals surface area contributed by atoms with E-state index in [-0.39, 0.29) is 12.5 Å². The number of rotatable bonds is 5. The molecular formula is C17H22F3NO. The summed E-state index contributed by atoms with van der Waals surface area (Å²) in [4.78, 5) is 11.9. The zero-order valence-electron chi connectivity index (χ0n) is 13.3. The summed E-state index contributed by atoms with van der Waals surface area (Å²) in [7, 11) is 0. The molecule has 1 rings (SSSR count). The third-order valence-corrected chi connectivity index (χ3v) is 3.53. The van der Waals surface area contributed by atoms with Crippen LogP contribution in [0.5, 0.6) is 0 Å². The van der Waals surface area contributed by atoms with Gasteiger partial charge in [-0.3, -0.25) is 4.79 Å². The predicted octanol–water partition coefficient (Wildman–Crippen LogP) is 4.46. The Balaban J connectivity index is 2.87. The number of nitrogens with one attached hydrogen (secondary N) is 1.